The van der Waals surface area contributed by atoms with Crippen molar-refractivity contribution >= 4 is 21.6 Å². The maximum absolute atomic E-state index is 14.4. The largest absolute Gasteiger partial charge is 0.338 e. The Morgan fingerprint density at radius 2 is 1.74 bits per heavy atom. The van der Waals surface area contributed by atoms with Crippen molar-refractivity contribution in [2.45, 2.75) is 50.3 Å². The SMILES string of the molecule is CC(C)(C)c1nc(-c2ccc(NC(=O)c3ccc(F)c(S(=O)(=O)N4CCCCC4)c3)cc2)no1. The Morgan fingerprint density at radius 3 is 2.35 bits per heavy atom. The molecular formula is C24H27FN4O4S. The van der Waals surface area contributed by atoms with Crippen LogP contribution in [0.1, 0.15) is 56.3 Å². The Kier molecular flexibility index (Phi) is 6.55. The van der Waals surface area contributed by atoms with Gasteiger partial charge in [0.05, 0.1) is 0 Å². The zero-order valence-corrected chi connectivity index (χ0v) is 20.2. The van der Waals surface area contributed by atoms with E-state index in [1.807, 2.05) is 20.8 Å². The summed E-state index contributed by atoms with van der Waals surface area (Å²) in [7, 11) is -4.01. The van der Waals surface area contributed by atoms with E-state index in [0.29, 0.717) is 36.1 Å². The molecule has 1 N–H and O–H groups in total. The van der Waals surface area contributed by atoms with E-state index in [2.05, 4.69) is 15.5 Å². The molecule has 1 saturated heterocycles. The Hall–Kier alpha value is -3.11. The molecule has 0 bridgehead atoms. The molecule has 2 aromatic carbocycles. The quantitative estimate of drug-likeness (QED) is 0.565. The first-order chi connectivity index (χ1) is 16.1. The fourth-order valence-electron chi connectivity index (χ4n) is 3.64. The third-order valence-corrected chi connectivity index (χ3v) is 7.51. The lowest BCUT2D eigenvalue weighted by Gasteiger charge is -2.26. The molecule has 180 valence electrons. The van der Waals surface area contributed by atoms with Gasteiger partial charge in [0.25, 0.3) is 5.91 Å². The topological polar surface area (TPSA) is 105 Å². The van der Waals surface area contributed by atoms with Gasteiger partial charge in [0.15, 0.2) is 0 Å². The maximum Gasteiger partial charge on any atom is 0.255 e. The smallest absolute Gasteiger partial charge is 0.255 e. The summed E-state index contributed by atoms with van der Waals surface area (Å²) in [5.41, 5.74) is 0.982. The van der Waals surface area contributed by atoms with E-state index in [4.69, 9.17) is 4.52 Å². The average Bonchev–Trinajstić information content (AvgIpc) is 3.31. The van der Waals surface area contributed by atoms with Gasteiger partial charge >= 0.3 is 0 Å². The number of aromatic nitrogens is 2. The Labute approximate surface area is 198 Å². The minimum Gasteiger partial charge on any atom is -0.338 e. The van der Waals surface area contributed by atoms with Crippen LogP contribution in [0.4, 0.5) is 10.1 Å². The number of carbonyl (C=O) groups is 1. The Balaban J connectivity index is 1.51. The molecule has 0 radical (unpaired) electrons. The van der Waals surface area contributed by atoms with Crippen LogP contribution in [-0.2, 0) is 15.4 Å². The van der Waals surface area contributed by atoms with Crippen molar-refractivity contribution in [1.29, 1.82) is 0 Å². The van der Waals surface area contributed by atoms with Gasteiger partial charge in [0.1, 0.15) is 10.7 Å². The highest BCUT2D eigenvalue weighted by Crippen LogP contribution is 2.26. The van der Waals surface area contributed by atoms with Crippen molar-refractivity contribution in [1.82, 2.24) is 14.4 Å². The molecule has 3 aromatic rings. The molecule has 4 rings (SSSR count). The van der Waals surface area contributed by atoms with Crippen molar-refractivity contribution in [3.8, 4) is 11.4 Å². The fourth-order valence-corrected chi connectivity index (χ4v) is 5.25. The standard InChI is InChI=1S/C24H27FN4O4S/c1-24(2,3)23-27-21(28-33-23)16-7-10-18(11-8-16)26-22(30)17-9-12-19(25)20(15-17)34(31,32)29-13-5-4-6-14-29/h7-12,15H,4-6,13-14H2,1-3H3,(H,26,30). The number of sulfonamides is 1. The third-order valence-electron chi connectivity index (χ3n) is 5.59. The third kappa shape index (κ3) is 5.02. The maximum atomic E-state index is 14.4. The molecular weight excluding hydrogens is 459 g/mol. The zero-order valence-electron chi connectivity index (χ0n) is 19.3. The van der Waals surface area contributed by atoms with Crippen molar-refractivity contribution in [3.05, 3.63) is 59.7 Å². The summed E-state index contributed by atoms with van der Waals surface area (Å²) in [5.74, 6) is -0.459. The van der Waals surface area contributed by atoms with Gasteiger partial charge in [0.2, 0.25) is 21.7 Å². The van der Waals surface area contributed by atoms with Crippen molar-refractivity contribution in [2.24, 2.45) is 0 Å². The molecule has 10 heteroatoms. The second-order valence-electron chi connectivity index (χ2n) is 9.31. The van der Waals surface area contributed by atoms with Crippen LogP contribution < -0.4 is 5.32 Å². The number of piperidine rings is 1. The number of amides is 1. The lowest BCUT2D eigenvalue weighted by atomic mass is 9.97. The van der Waals surface area contributed by atoms with Crippen LogP contribution in [0.5, 0.6) is 0 Å². The van der Waals surface area contributed by atoms with E-state index in [0.717, 1.165) is 31.4 Å². The number of rotatable bonds is 5. The van der Waals surface area contributed by atoms with Crippen LogP contribution in [0.15, 0.2) is 51.9 Å². The highest BCUT2D eigenvalue weighted by molar-refractivity contribution is 7.89. The molecule has 1 aliphatic rings. The summed E-state index contributed by atoms with van der Waals surface area (Å²) in [6.45, 7) is 6.62. The van der Waals surface area contributed by atoms with Crippen LogP contribution in [0.3, 0.4) is 0 Å². The highest BCUT2D eigenvalue weighted by atomic mass is 32.2. The van der Waals surface area contributed by atoms with Crippen LogP contribution in [0, 0.1) is 5.82 Å². The summed E-state index contributed by atoms with van der Waals surface area (Å²) in [6, 6.07) is 10.2. The number of halogens is 1. The lowest BCUT2D eigenvalue weighted by Crippen LogP contribution is -2.36. The van der Waals surface area contributed by atoms with E-state index >= 15 is 0 Å². The van der Waals surface area contributed by atoms with E-state index in [1.54, 1.807) is 24.3 Å². The van der Waals surface area contributed by atoms with Gasteiger partial charge in [-0.1, -0.05) is 32.3 Å². The van der Waals surface area contributed by atoms with Gasteiger partial charge in [-0.2, -0.15) is 9.29 Å². The van der Waals surface area contributed by atoms with Crippen molar-refractivity contribution in [2.75, 3.05) is 18.4 Å². The monoisotopic (exact) mass is 486 g/mol. The first-order valence-electron chi connectivity index (χ1n) is 11.1. The zero-order chi connectivity index (χ0) is 24.5. The highest BCUT2D eigenvalue weighted by Gasteiger charge is 2.29. The average molecular weight is 487 g/mol. The molecule has 1 aliphatic heterocycles. The minimum atomic E-state index is -4.01. The van der Waals surface area contributed by atoms with Crippen LogP contribution in [-0.4, -0.2) is 41.9 Å². The predicted octanol–water partition coefficient (Wildman–Crippen LogP) is 4.60. The number of anilines is 1. The van der Waals surface area contributed by atoms with Crippen LogP contribution in [0.25, 0.3) is 11.4 Å². The van der Waals surface area contributed by atoms with E-state index in [1.165, 1.54) is 10.4 Å². The summed E-state index contributed by atoms with van der Waals surface area (Å²) in [4.78, 5) is 16.7. The molecule has 0 aliphatic carbocycles. The summed E-state index contributed by atoms with van der Waals surface area (Å²) >= 11 is 0. The second-order valence-corrected chi connectivity index (χ2v) is 11.2. The summed E-state index contributed by atoms with van der Waals surface area (Å²) < 4.78 is 46.8. The Morgan fingerprint density at radius 1 is 1.06 bits per heavy atom. The lowest BCUT2D eigenvalue weighted by molar-refractivity contribution is 0.102. The number of carbonyl (C=O) groups excluding carboxylic acids is 1. The van der Waals surface area contributed by atoms with Gasteiger partial charge < -0.3 is 9.84 Å². The summed E-state index contributed by atoms with van der Waals surface area (Å²) in [5, 5.41) is 6.71. The van der Waals surface area contributed by atoms with Gasteiger partial charge in [0, 0.05) is 35.3 Å². The molecule has 1 aromatic heterocycles. The van der Waals surface area contributed by atoms with E-state index < -0.39 is 26.6 Å². The number of benzene rings is 2. The molecule has 0 saturated carbocycles. The number of nitrogens with zero attached hydrogens (tertiary/aromatic N) is 3. The number of nitrogens with one attached hydrogen (secondary N) is 1. The van der Waals surface area contributed by atoms with Gasteiger partial charge in [-0.05, 0) is 55.3 Å². The Bertz CT molecular complexity index is 1290. The second kappa shape index (κ2) is 9.27. The normalized spacial score (nSPS) is 15.3. The molecule has 0 atom stereocenters. The molecule has 8 nitrogen and oxygen atoms in total. The number of hydrogen-bond acceptors (Lipinski definition) is 6. The molecule has 1 fully saturated rings. The van der Waals surface area contributed by atoms with Crippen LogP contribution >= 0.6 is 0 Å². The predicted molar refractivity (Wildman–Crippen MR) is 125 cm³/mol. The van der Waals surface area contributed by atoms with Crippen molar-refractivity contribution < 1.29 is 22.1 Å². The molecule has 2 heterocycles. The number of hydrogen-bond donors (Lipinski definition) is 1. The first kappa shape index (κ1) is 24.0. The molecule has 34 heavy (non-hydrogen) atoms. The van der Waals surface area contributed by atoms with Gasteiger partial charge in [-0.25, -0.2) is 12.8 Å². The van der Waals surface area contributed by atoms with Crippen molar-refractivity contribution in [3.63, 3.8) is 0 Å². The molecule has 0 unspecified atom stereocenters. The van der Waals surface area contributed by atoms with Crippen LogP contribution in [0.2, 0.25) is 0 Å². The molecule has 1 amide bonds. The fraction of sp³-hybridized carbons (Fsp3) is 0.375. The van der Waals surface area contributed by atoms with Gasteiger partial charge in [-0.3, -0.25) is 4.79 Å². The van der Waals surface area contributed by atoms with Gasteiger partial charge in [-0.15, -0.1) is 0 Å². The summed E-state index contributed by atoms with van der Waals surface area (Å²) in [6.07, 6.45) is 2.41. The van der Waals surface area contributed by atoms with E-state index in [-0.39, 0.29) is 11.0 Å². The van der Waals surface area contributed by atoms with E-state index in [9.17, 15) is 17.6 Å². The first-order valence-corrected chi connectivity index (χ1v) is 12.6. The minimum absolute atomic E-state index is 0.0500. The molecule has 0 spiro atoms.